The van der Waals surface area contributed by atoms with Gasteiger partial charge >= 0.3 is 0 Å². The van der Waals surface area contributed by atoms with E-state index in [1.165, 1.54) is 116 Å². The largest absolute Gasteiger partial charge is 0.306 e. The third kappa shape index (κ3) is 21.3. The van der Waals surface area contributed by atoms with Gasteiger partial charge in [-0.3, -0.25) is 0 Å². The molecule has 0 bridgehead atoms. The summed E-state index contributed by atoms with van der Waals surface area (Å²) in [5, 5.41) is 0. The highest BCUT2D eigenvalue weighted by molar-refractivity contribution is 4.66. The lowest BCUT2D eigenvalue weighted by Gasteiger charge is -2.24. The number of rotatable bonds is 24. The molecule has 0 spiro atoms. The maximum atomic E-state index is 2.63. The average molecular weight is 480 g/mol. The molecule has 0 aliphatic carbocycles. The molecule has 1 nitrogen and oxygen atoms in total. The molecule has 0 aliphatic rings. The number of nitrogens with zero attached hydrogens (tertiary/aromatic N) is 1. The molecular formula is C33H69N. The molecule has 4 atom stereocenters. The van der Waals surface area contributed by atoms with Crippen molar-refractivity contribution in [1.82, 2.24) is 4.90 Å². The lowest BCUT2D eigenvalue weighted by molar-refractivity contribution is 0.257. The summed E-state index contributed by atoms with van der Waals surface area (Å²) >= 11 is 0. The van der Waals surface area contributed by atoms with E-state index in [0.29, 0.717) is 0 Å². The lowest BCUT2D eigenvalue weighted by atomic mass is 9.90. The third-order valence-electron chi connectivity index (χ3n) is 8.57. The maximum absolute atomic E-state index is 2.63. The van der Waals surface area contributed by atoms with Gasteiger partial charge in [-0.2, -0.15) is 0 Å². The maximum Gasteiger partial charge on any atom is -0.00191 e. The molecule has 0 heterocycles. The van der Waals surface area contributed by atoms with E-state index in [-0.39, 0.29) is 0 Å². The smallest absolute Gasteiger partial charge is 0.00191 e. The van der Waals surface area contributed by atoms with Crippen LogP contribution in [-0.2, 0) is 0 Å². The first kappa shape index (κ1) is 34.0. The van der Waals surface area contributed by atoms with E-state index < -0.39 is 0 Å². The summed E-state index contributed by atoms with van der Waals surface area (Å²) in [6, 6.07) is 0. The van der Waals surface area contributed by atoms with E-state index in [9.17, 15) is 0 Å². The second kappa shape index (κ2) is 22.2. The van der Waals surface area contributed by atoms with E-state index in [1.807, 2.05) is 0 Å². The molecule has 0 saturated heterocycles. The van der Waals surface area contributed by atoms with E-state index in [4.69, 9.17) is 0 Å². The van der Waals surface area contributed by atoms with Crippen molar-refractivity contribution < 1.29 is 0 Å². The fourth-order valence-electron chi connectivity index (χ4n) is 5.57. The highest BCUT2D eigenvalue weighted by Gasteiger charge is 2.13. The van der Waals surface area contributed by atoms with Crippen molar-refractivity contribution in [3.05, 3.63) is 0 Å². The van der Waals surface area contributed by atoms with E-state index in [1.54, 1.807) is 0 Å². The Hall–Kier alpha value is -0.0400. The van der Waals surface area contributed by atoms with Crippen LogP contribution in [0, 0.1) is 35.5 Å². The summed E-state index contributed by atoms with van der Waals surface area (Å²) in [5.74, 6) is 5.46. The van der Waals surface area contributed by atoms with E-state index >= 15 is 0 Å². The summed E-state index contributed by atoms with van der Waals surface area (Å²) in [4.78, 5) is 2.63. The zero-order valence-corrected chi connectivity index (χ0v) is 25.6. The van der Waals surface area contributed by atoms with Crippen LogP contribution < -0.4 is 0 Å². The van der Waals surface area contributed by atoms with Crippen molar-refractivity contribution in [3.8, 4) is 0 Å². The molecule has 34 heavy (non-hydrogen) atoms. The molecule has 1 heteroatoms. The Morgan fingerprint density at radius 1 is 0.441 bits per heavy atom. The fraction of sp³-hybridized carbons (Fsp3) is 1.00. The van der Waals surface area contributed by atoms with E-state index in [0.717, 1.165) is 35.5 Å². The topological polar surface area (TPSA) is 3.24 Å². The first-order valence-corrected chi connectivity index (χ1v) is 15.9. The van der Waals surface area contributed by atoms with Gasteiger partial charge in [-0.15, -0.1) is 0 Å². The van der Waals surface area contributed by atoms with Crippen LogP contribution in [0.2, 0.25) is 0 Å². The van der Waals surface area contributed by atoms with Crippen molar-refractivity contribution in [1.29, 1.82) is 0 Å². The van der Waals surface area contributed by atoms with Crippen LogP contribution in [0.3, 0.4) is 0 Å². The van der Waals surface area contributed by atoms with Crippen LogP contribution in [0.1, 0.15) is 158 Å². The zero-order chi connectivity index (χ0) is 25.8. The van der Waals surface area contributed by atoms with Gasteiger partial charge in [0.2, 0.25) is 0 Å². The standard InChI is InChI=1S/C33H69N/c1-10-32(22-14-20-30(7)18-12-16-28(3)4)24-26-34(9)27-25-33(11-2)23-15-21-31(8)19-13-17-29(5)6/h28-33H,10-27H2,1-9H3. The van der Waals surface area contributed by atoms with Gasteiger partial charge in [0.1, 0.15) is 0 Å². The molecule has 0 aromatic heterocycles. The summed E-state index contributed by atoms with van der Waals surface area (Å²) < 4.78 is 0. The average Bonchev–Trinajstić information content (AvgIpc) is 2.77. The number of hydrogen-bond donors (Lipinski definition) is 0. The second-order valence-electron chi connectivity index (χ2n) is 13.2. The van der Waals surface area contributed by atoms with Gasteiger partial charge in [-0.05, 0) is 68.5 Å². The minimum atomic E-state index is 0.870. The first-order chi connectivity index (χ1) is 16.2. The molecule has 0 fully saturated rings. The molecule has 0 aromatic carbocycles. The Morgan fingerprint density at radius 3 is 1.06 bits per heavy atom. The summed E-state index contributed by atoms with van der Waals surface area (Å²) in [6.45, 7) is 21.8. The summed E-state index contributed by atoms with van der Waals surface area (Å²) in [5.41, 5.74) is 0. The minimum Gasteiger partial charge on any atom is -0.306 e. The van der Waals surface area contributed by atoms with Crippen molar-refractivity contribution in [2.75, 3.05) is 20.1 Å². The molecule has 0 aromatic rings. The zero-order valence-electron chi connectivity index (χ0n) is 25.6. The predicted octanol–water partition coefficient (Wildman–Crippen LogP) is 11.0. The molecule has 206 valence electrons. The quantitative estimate of drug-likeness (QED) is 0.133. The van der Waals surface area contributed by atoms with Crippen molar-refractivity contribution in [3.63, 3.8) is 0 Å². The molecule has 0 rings (SSSR count). The van der Waals surface area contributed by atoms with Gasteiger partial charge in [-0.1, -0.05) is 145 Å². The van der Waals surface area contributed by atoms with Gasteiger partial charge in [-0.25, -0.2) is 0 Å². The molecule has 0 aliphatic heterocycles. The number of hydrogen-bond acceptors (Lipinski definition) is 1. The predicted molar refractivity (Wildman–Crippen MR) is 158 cm³/mol. The van der Waals surface area contributed by atoms with Gasteiger partial charge in [0, 0.05) is 0 Å². The van der Waals surface area contributed by atoms with Crippen molar-refractivity contribution in [2.45, 2.75) is 158 Å². The van der Waals surface area contributed by atoms with Crippen LogP contribution in [0.5, 0.6) is 0 Å². The Bertz CT molecular complexity index is 377. The molecule has 0 amide bonds. The molecule has 0 N–H and O–H groups in total. The SMILES string of the molecule is CCC(CCCC(C)CCCC(C)C)CCN(C)CCC(CC)CCCC(C)CCCC(C)C. The van der Waals surface area contributed by atoms with Crippen LogP contribution >= 0.6 is 0 Å². The molecule has 4 unspecified atom stereocenters. The lowest BCUT2D eigenvalue weighted by Crippen LogP contribution is -2.24. The van der Waals surface area contributed by atoms with Crippen LogP contribution in [-0.4, -0.2) is 25.0 Å². The Kier molecular flexibility index (Phi) is 22.2. The second-order valence-corrected chi connectivity index (χ2v) is 13.2. The van der Waals surface area contributed by atoms with Crippen molar-refractivity contribution in [2.24, 2.45) is 35.5 Å². The minimum absolute atomic E-state index is 0.870. The molecule has 0 saturated carbocycles. The molecular weight excluding hydrogens is 410 g/mol. The Morgan fingerprint density at radius 2 is 0.765 bits per heavy atom. The van der Waals surface area contributed by atoms with Crippen molar-refractivity contribution >= 4 is 0 Å². The van der Waals surface area contributed by atoms with E-state index in [2.05, 4.69) is 67.3 Å². The van der Waals surface area contributed by atoms with Gasteiger partial charge in [0.05, 0.1) is 0 Å². The molecule has 0 radical (unpaired) electrons. The Labute approximate surface area is 218 Å². The Balaban J connectivity index is 3.94. The van der Waals surface area contributed by atoms with Gasteiger partial charge in [0.25, 0.3) is 0 Å². The first-order valence-electron chi connectivity index (χ1n) is 15.9. The van der Waals surface area contributed by atoms with Crippen LogP contribution in [0.15, 0.2) is 0 Å². The highest BCUT2D eigenvalue weighted by atomic mass is 15.1. The normalized spacial score (nSPS) is 15.9. The van der Waals surface area contributed by atoms with Crippen LogP contribution in [0.25, 0.3) is 0 Å². The summed E-state index contributed by atoms with van der Waals surface area (Å²) in [6.07, 6.45) is 22.8. The highest BCUT2D eigenvalue weighted by Crippen LogP contribution is 2.24. The third-order valence-corrected chi connectivity index (χ3v) is 8.57. The van der Waals surface area contributed by atoms with Crippen LogP contribution in [0.4, 0.5) is 0 Å². The van der Waals surface area contributed by atoms with Gasteiger partial charge < -0.3 is 4.90 Å². The monoisotopic (exact) mass is 480 g/mol. The fourth-order valence-corrected chi connectivity index (χ4v) is 5.57. The summed E-state index contributed by atoms with van der Waals surface area (Å²) in [7, 11) is 2.37. The van der Waals surface area contributed by atoms with Gasteiger partial charge in [0.15, 0.2) is 0 Å².